The Kier molecular flexibility index (Phi) is 7.61. The van der Waals surface area contributed by atoms with Crippen molar-refractivity contribution in [1.29, 1.82) is 0 Å². The Morgan fingerprint density at radius 1 is 1.07 bits per heavy atom. The fraction of sp³-hybridized carbons (Fsp3) is 0.241. The number of hydrogen-bond acceptors (Lipinski definition) is 5. The first-order valence-corrected chi connectivity index (χ1v) is 13.1. The Morgan fingerprint density at radius 2 is 1.82 bits per heavy atom. The van der Waals surface area contributed by atoms with E-state index >= 15 is 0 Å². The predicted octanol–water partition coefficient (Wildman–Crippen LogP) is 4.85. The molecule has 0 bridgehead atoms. The number of carboxylic acid groups (broad SMARTS) is 1. The highest BCUT2D eigenvalue weighted by atomic mass is 35.5. The van der Waals surface area contributed by atoms with Crippen LogP contribution in [0.1, 0.15) is 34.3 Å². The average Bonchev–Trinajstić information content (AvgIpc) is 2.93. The van der Waals surface area contributed by atoms with Gasteiger partial charge in [-0.15, -0.1) is 0 Å². The molecule has 5 rings (SSSR count). The molecule has 3 aromatic rings. The molecule has 4 N–H and O–H groups in total. The second-order valence-electron chi connectivity index (χ2n) is 9.79. The third-order valence-corrected chi connectivity index (χ3v) is 7.28. The first-order chi connectivity index (χ1) is 19.2. The lowest BCUT2D eigenvalue weighted by Gasteiger charge is -2.45. The summed E-state index contributed by atoms with van der Waals surface area (Å²) in [7, 11) is 0. The van der Waals surface area contributed by atoms with Gasteiger partial charge < -0.3 is 20.1 Å². The zero-order chi connectivity index (χ0) is 28.3. The van der Waals surface area contributed by atoms with E-state index < -0.39 is 29.7 Å². The number of hydrogen-bond donors (Lipinski definition) is 4. The van der Waals surface area contributed by atoms with Crippen molar-refractivity contribution in [2.75, 3.05) is 23.7 Å². The summed E-state index contributed by atoms with van der Waals surface area (Å²) in [4.78, 5) is 52.1. The minimum Gasteiger partial charge on any atom is -0.465 e. The van der Waals surface area contributed by atoms with E-state index in [1.165, 1.54) is 24.3 Å². The van der Waals surface area contributed by atoms with Crippen LogP contribution in [0.15, 0.2) is 72.8 Å². The standard InChI is InChI=1S/C29H27ClN4O6/c30-20-9-12-23-22(16-20)29(40-28(39)33-23)13-4-14-34(17-29)26(36)24(15-18-5-2-1-3-6-18)32-25(35)19-7-10-21(11-8-19)31-27(37)38/h1-3,5-12,16,24,31H,4,13-15,17H2,(H,32,35)(H,33,39)(H,37,38)/t24-,29-/m0/s1. The van der Waals surface area contributed by atoms with Gasteiger partial charge in [0.15, 0.2) is 5.60 Å². The molecule has 4 amide bonds. The van der Waals surface area contributed by atoms with Crippen molar-refractivity contribution in [2.45, 2.75) is 30.9 Å². The van der Waals surface area contributed by atoms with E-state index in [9.17, 15) is 19.2 Å². The molecule has 0 saturated carbocycles. The number of benzene rings is 3. The predicted molar refractivity (Wildman–Crippen MR) is 149 cm³/mol. The van der Waals surface area contributed by atoms with Crippen molar-refractivity contribution in [2.24, 2.45) is 0 Å². The van der Waals surface area contributed by atoms with Crippen LogP contribution in [0, 0.1) is 0 Å². The van der Waals surface area contributed by atoms with Crippen molar-refractivity contribution in [1.82, 2.24) is 10.2 Å². The molecule has 0 radical (unpaired) electrons. The number of carbonyl (C=O) groups is 4. The van der Waals surface area contributed by atoms with Gasteiger partial charge in [-0.05, 0) is 60.9 Å². The minimum absolute atomic E-state index is 0.114. The van der Waals surface area contributed by atoms with Gasteiger partial charge >= 0.3 is 12.2 Å². The second kappa shape index (κ2) is 11.3. The molecule has 2 aliphatic heterocycles. The molecule has 2 heterocycles. The Hall–Kier alpha value is -4.57. The monoisotopic (exact) mass is 562 g/mol. The number of fused-ring (bicyclic) bond motifs is 2. The van der Waals surface area contributed by atoms with Crippen molar-refractivity contribution in [3.05, 3.63) is 94.5 Å². The Bertz CT molecular complexity index is 1450. The smallest absolute Gasteiger partial charge is 0.412 e. The Labute approximate surface area is 235 Å². The summed E-state index contributed by atoms with van der Waals surface area (Å²) < 4.78 is 5.83. The molecular formula is C29H27ClN4O6. The van der Waals surface area contributed by atoms with E-state index in [-0.39, 0.29) is 24.4 Å². The first kappa shape index (κ1) is 27.0. The topological polar surface area (TPSA) is 137 Å². The van der Waals surface area contributed by atoms with Crippen LogP contribution < -0.4 is 16.0 Å². The molecule has 11 heteroatoms. The number of nitrogens with zero attached hydrogens (tertiary/aromatic N) is 1. The highest BCUT2D eigenvalue weighted by molar-refractivity contribution is 6.30. The molecule has 10 nitrogen and oxygen atoms in total. The Balaban J connectivity index is 1.40. The van der Waals surface area contributed by atoms with Crippen LogP contribution in [0.5, 0.6) is 0 Å². The summed E-state index contributed by atoms with van der Waals surface area (Å²) in [6.07, 6.45) is -0.468. The highest BCUT2D eigenvalue weighted by Crippen LogP contribution is 2.43. The van der Waals surface area contributed by atoms with Crippen LogP contribution in [0.4, 0.5) is 21.0 Å². The van der Waals surface area contributed by atoms with E-state index in [2.05, 4.69) is 16.0 Å². The third kappa shape index (κ3) is 5.86. The number of rotatable bonds is 6. The maximum absolute atomic E-state index is 14.0. The number of anilines is 2. The summed E-state index contributed by atoms with van der Waals surface area (Å²) in [6.45, 7) is 0.543. The minimum atomic E-state index is -1.21. The summed E-state index contributed by atoms with van der Waals surface area (Å²) in [5.74, 6) is -0.785. The molecule has 3 aromatic carbocycles. The molecule has 2 atom stereocenters. The van der Waals surface area contributed by atoms with Gasteiger partial charge in [-0.2, -0.15) is 0 Å². The lowest BCUT2D eigenvalue weighted by Crippen LogP contribution is -2.57. The summed E-state index contributed by atoms with van der Waals surface area (Å²) in [6, 6.07) is 19.5. The van der Waals surface area contributed by atoms with Gasteiger partial charge in [0.25, 0.3) is 5.91 Å². The molecule has 1 saturated heterocycles. The molecule has 40 heavy (non-hydrogen) atoms. The molecule has 1 fully saturated rings. The number of likely N-dealkylation sites (tertiary alicyclic amines) is 1. The van der Waals surface area contributed by atoms with Crippen LogP contribution in [0.3, 0.4) is 0 Å². The Morgan fingerprint density at radius 3 is 2.55 bits per heavy atom. The van der Waals surface area contributed by atoms with Crippen LogP contribution in [0.25, 0.3) is 0 Å². The molecule has 0 aromatic heterocycles. The largest absolute Gasteiger partial charge is 0.465 e. The number of amides is 4. The second-order valence-corrected chi connectivity index (χ2v) is 10.2. The lowest BCUT2D eigenvalue weighted by atomic mass is 9.83. The van der Waals surface area contributed by atoms with Gasteiger partial charge in [-0.3, -0.25) is 20.2 Å². The maximum Gasteiger partial charge on any atom is 0.412 e. The fourth-order valence-corrected chi connectivity index (χ4v) is 5.40. The zero-order valence-corrected chi connectivity index (χ0v) is 22.1. The van der Waals surface area contributed by atoms with Crippen molar-refractivity contribution < 1.29 is 29.0 Å². The van der Waals surface area contributed by atoms with Crippen molar-refractivity contribution >= 4 is 47.0 Å². The van der Waals surface area contributed by atoms with Gasteiger partial charge in [0, 0.05) is 34.8 Å². The zero-order valence-electron chi connectivity index (χ0n) is 21.4. The number of piperidine rings is 1. The molecular weight excluding hydrogens is 536 g/mol. The van der Waals surface area contributed by atoms with E-state index in [1.807, 2.05) is 30.3 Å². The van der Waals surface area contributed by atoms with E-state index in [0.717, 1.165) is 5.56 Å². The van der Waals surface area contributed by atoms with Gasteiger partial charge in [-0.1, -0.05) is 41.9 Å². The highest BCUT2D eigenvalue weighted by Gasteiger charge is 2.47. The fourth-order valence-electron chi connectivity index (χ4n) is 5.22. The van der Waals surface area contributed by atoms with Gasteiger partial charge in [0.1, 0.15) is 6.04 Å². The van der Waals surface area contributed by atoms with Gasteiger partial charge in [-0.25, -0.2) is 9.59 Å². The summed E-state index contributed by atoms with van der Waals surface area (Å²) >= 11 is 6.28. The van der Waals surface area contributed by atoms with Crippen molar-refractivity contribution in [3.8, 4) is 0 Å². The van der Waals surface area contributed by atoms with Crippen LogP contribution in [0.2, 0.25) is 5.02 Å². The maximum atomic E-state index is 14.0. The van der Waals surface area contributed by atoms with E-state index in [4.69, 9.17) is 21.4 Å². The number of nitrogens with one attached hydrogen (secondary N) is 3. The number of halogens is 1. The third-order valence-electron chi connectivity index (χ3n) is 7.05. The molecule has 1 spiro atoms. The van der Waals surface area contributed by atoms with Gasteiger partial charge in [0.2, 0.25) is 5.91 Å². The number of ether oxygens (including phenoxy) is 1. The quantitative estimate of drug-likeness (QED) is 0.339. The first-order valence-electron chi connectivity index (χ1n) is 12.8. The van der Waals surface area contributed by atoms with Crippen LogP contribution in [-0.4, -0.2) is 53.1 Å². The van der Waals surface area contributed by atoms with E-state index in [1.54, 1.807) is 23.1 Å². The molecule has 2 aliphatic rings. The van der Waals surface area contributed by atoms with Crippen LogP contribution in [-0.2, 0) is 21.6 Å². The average molecular weight is 563 g/mol. The molecule has 206 valence electrons. The van der Waals surface area contributed by atoms with E-state index in [0.29, 0.717) is 41.3 Å². The normalized spacial score (nSPS) is 18.6. The molecule has 0 aliphatic carbocycles. The summed E-state index contributed by atoms with van der Waals surface area (Å²) in [5, 5.41) is 17.2. The molecule has 0 unspecified atom stereocenters. The lowest BCUT2D eigenvalue weighted by molar-refractivity contribution is -0.141. The SMILES string of the molecule is O=C(O)Nc1ccc(C(=O)N[C@@H](Cc2ccccc2)C(=O)N2CCC[C@@]3(C2)OC(=O)Nc2ccc(Cl)cc23)cc1. The van der Waals surface area contributed by atoms with Crippen molar-refractivity contribution in [3.63, 3.8) is 0 Å². The summed E-state index contributed by atoms with van der Waals surface area (Å²) in [5.41, 5.74) is 1.68. The van der Waals surface area contributed by atoms with Crippen LogP contribution >= 0.6 is 11.6 Å². The number of carbonyl (C=O) groups excluding carboxylic acids is 3. The van der Waals surface area contributed by atoms with Gasteiger partial charge in [0.05, 0.1) is 12.2 Å².